The van der Waals surface area contributed by atoms with E-state index in [2.05, 4.69) is 36.3 Å². The molecule has 2 atom stereocenters. The van der Waals surface area contributed by atoms with Crippen LogP contribution in [0.5, 0.6) is 0 Å². The minimum atomic E-state index is -0.659. The van der Waals surface area contributed by atoms with Crippen LogP contribution in [-0.2, 0) is 14.9 Å². The van der Waals surface area contributed by atoms with Gasteiger partial charge in [0.15, 0.2) is 0 Å². The summed E-state index contributed by atoms with van der Waals surface area (Å²) >= 11 is 0. The summed E-state index contributed by atoms with van der Waals surface area (Å²) in [5.41, 5.74) is 1.71. The maximum Gasteiger partial charge on any atom is 0.251 e. The van der Waals surface area contributed by atoms with Gasteiger partial charge in [-0.3, -0.25) is 14.5 Å². The van der Waals surface area contributed by atoms with Crippen molar-refractivity contribution in [3.63, 3.8) is 0 Å². The number of aryl methyl sites for hydroxylation is 1. The van der Waals surface area contributed by atoms with E-state index >= 15 is 0 Å². The molecule has 2 N–H and O–H groups in total. The van der Waals surface area contributed by atoms with E-state index in [1.165, 1.54) is 0 Å². The minimum Gasteiger partial charge on any atom is -0.465 e. The van der Waals surface area contributed by atoms with Gasteiger partial charge in [0.25, 0.3) is 5.91 Å². The average Bonchev–Trinajstić information content (AvgIpc) is 3.19. The number of hydrogen-bond acceptors (Lipinski definition) is 5. The highest BCUT2D eigenvalue weighted by molar-refractivity contribution is 5.97. The number of ether oxygens (including phenoxy) is 1. The van der Waals surface area contributed by atoms with Gasteiger partial charge >= 0.3 is 0 Å². The molecule has 1 aliphatic heterocycles. The second kappa shape index (κ2) is 10.3. The van der Waals surface area contributed by atoms with Crippen LogP contribution in [0.2, 0.25) is 0 Å². The second-order valence-corrected chi connectivity index (χ2v) is 9.38. The zero-order valence-corrected chi connectivity index (χ0v) is 19.7. The molecule has 0 bridgehead atoms. The molecular weight excluding hydrogens is 406 g/mol. The third-order valence-electron chi connectivity index (χ3n) is 5.80. The van der Waals surface area contributed by atoms with Gasteiger partial charge in [-0.05, 0) is 49.1 Å². The Morgan fingerprint density at radius 2 is 1.72 bits per heavy atom. The predicted octanol–water partition coefficient (Wildman–Crippen LogP) is 3.19. The van der Waals surface area contributed by atoms with E-state index in [1.807, 2.05) is 31.2 Å². The maximum absolute atomic E-state index is 12.7. The molecule has 2 aromatic rings. The summed E-state index contributed by atoms with van der Waals surface area (Å²) in [5.74, 6) is 1.16. The molecule has 1 aromatic heterocycles. The smallest absolute Gasteiger partial charge is 0.251 e. The lowest BCUT2D eigenvalue weighted by atomic mass is 9.86. The highest BCUT2D eigenvalue weighted by Crippen LogP contribution is 2.24. The number of nitrogens with zero attached hydrogens (tertiary/aromatic N) is 1. The van der Waals surface area contributed by atoms with Crippen LogP contribution in [0.3, 0.4) is 0 Å². The molecule has 1 saturated heterocycles. The van der Waals surface area contributed by atoms with Crippen molar-refractivity contribution >= 4 is 11.8 Å². The zero-order valence-electron chi connectivity index (χ0n) is 19.7. The van der Waals surface area contributed by atoms with Crippen LogP contribution < -0.4 is 10.6 Å². The van der Waals surface area contributed by atoms with Gasteiger partial charge in [0.1, 0.15) is 17.6 Å². The fraction of sp³-hybridized carbons (Fsp3) is 0.520. The first-order valence-electron chi connectivity index (χ1n) is 11.2. The molecule has 7 nitrogen and oxygen atoms in total. The Kier molecular flexibility index (Phi) is 7.74. The van der Waals surface area contributed by atoms with E-state index in [4.69, 9.17) is 9.15 Å². The van der Waals surface area contributed by atoms with Crippen LogP contribution in [0.15, 0.2) is 40.8 Å². The van der Waals surface area contributed by atoms with Crippen LogP contribution in [0.1, 0.15) is 61.2 Å². The minimum absolute atomic E-state index is 0.0196. The number of hydrogen-bond donors (Lipinski definition) is 2. The Labute approximate surface area is 190 Å². The molecule has 1 fully saturated rings. The van der Waals surface area contributed by atoms with Crippen molar-refractivity contribution in [1.82, 2.24) is 15.5 Å². The van der Waals surface area contributed by atoms with E-state index in [9.17, 15) is 9.59 Å². The molecule has 0 aliphatic carbocycles. The number of carbonyl (C=O) groups is 2. The summed E-state index contributed by atoms with van der Waals surface area (Å²) in [6.45, 7) is 13.2. The summed E-state index contributed by atoms with van der Waals surface area (Å²) in [7, 11) is 0. The van der Waals surface area contributed by atoms with E-state index in [0.717, 1.165) is 30.2 Å². The SMILES string of the molecule is Cc1ccc(C(CNC(=O)C(C)NC(=O)c2ccc(C(C)(C)C)cc2)N2CCOCC2)o1. The highest BCUT2D eigenvalue weighted by atomic mass is 16.5. The summed E-state index contributed by atoms with van der Waals surface area (Å²) in [5, 5.41) is 5.77. The quantitative estimate of drug-likeness (QED) is 0.689. The standard InChI is InChI=1S/C25H35N3O4/c1-17-6-11-22(32-17)21(28-12-14-31-15-13-28)16-26-23(29)18(2)27-24(30)19-7-9-20(10-8-19)25(3,4)5/h6-11,18,21H,12-16H2,1-5H3,(H,26,29)(H,27,30). The van der Waals surface area contributed by atoms with Crippen molar-refractivity contribution in [2.45, 2.75) is 52.1 Å². The summed E-state index contributed by atoms with van der Waals surface area (Å²) in [6, 6.07) is 10.7. The summed E-state index contributed by atoms with van der Waals surface area (Å²) in [6.07, 6.45) is 0. The monoisotopic (exact) mass is 441 g/mol. The molecule has 0 radical (unpaired) electrons. The first-order chi connectivity index (χ1) is 15.1. The number of morpholine rings is 1. The summed E-state index contributed by atoms with van der Waals surface area (Å²) in [4.78, 5) is 27.6. The largest absolute Gasteiger partial charge is 0.465 e. The van der Waals surface area contributed by atoms with Gasteiger partial charge in [-0.1, -0.05) is 32.9 Å². The van der Waals surface area contributed by atoms with E-state index in [0.29, 0.717) is 25.3 Å². The normalized spacial score (nSPS) is 16.9. The molecule has 1 aromatic carbocycles. The lowest BCUT2D eigenvalue weighted by Crippen LogP contribution is -2.48. The van der Waals surface area contributed by atoms with E-state index < -0.39 is 6.04 Å². The van der Waals surface area contributed by atoms with Gasteiger partial charge in [0.2, 0.25) is 5.91 Å². The molecule has 3 rings (SSSR count). The van der Waals surface area contributed by atoms with Crippen LogP contribution in [0.25, 0.3) is 0 Å². The molecule has 2 amide bonds. The van der Waals surface area contributed by atoms with Crippen molar-refractivity contribution in [1.29, 1.82) is 0 Å². The van der Waals surface area contributed by atoms with Gasteiger partial charge in [-0.25, -0.2) is 0 Å². The summed E-state index contributed by atoms with van der Waals surface area (Å²) < 4.78 is 11.3. The Morgan fingerprint density at radius 1 is 1.06 bits per heavy atom. The van der Waals surface area contributed by atoms with Gasteiger partial charge in [-0.2, -0.15) is 0 Å². The second-order valence-electron chi connectivity index (χ2n) is 9.38. The molecule has 7 heteroatoms. The number of nitrogens with one attached hydrogen (secondary N) is 2. The Hall–Kier alpha value is -2.64. The van der Waals surface area contributed by atoms with E-state index in [1.54, 1.807) is 19.1 Å². The van der Waals surface area contributed by atoms with Gasteiger partial charge in [0, 0.05) is 25.2 Å². The van der Waals surface area contributed by atoms with Crippen molar-refractivity contribution in [2.24, 2.45) is 0 Å². The molecule has 174 valence electrons. The van der Waals surface area contributed by atoms with Crippen molar-refractivity contribution in [2.75, 3.05) is 32.8 Å². The third-order valence-corrected chi connectivity index (χ3v) is 5.80. The fourth-order valence-electron chi connectivity index (χ4n) is 3.75. The predicted molar refractivity (Wildman–Crippen MR) is 124 cm³/mol. The van der Waals surface area contributed by atoms with Crippen molar-refractivity contribution < 1.29 is 18.7 Å². The average molecular weight is 442 g/mol. The van der Waals surface area contributed by atoms with Crippen molar-refractivity contribution in [3.8, 4) is 0 Å². The van der Waals surface area contributed by atoms with Crippen LogP contribution in [0, 0.1) is 6.92 Å². The molecule has 1 aliphatic rings. The maximum atomic E-state index is 12.7. The first kappa shape index (κ1) is 24.0. The number of benzene rings is 1. The lowest BCUT2D eigenvalue weighted by molar-refractivity contribution is -0.123. The van der Waals surface area contributed by atoms with Crippen LogP contribution in [0.4, 0.5) is 0 Å². The molecule has 2 unspecified atom stereocenters. The van der Waals surface area contributed by atoms with E-state index in [-0.39, 0.29) is 23.3 Å². The van der Waals surface area contributed by atoms with Crippen LogP contribution >= 0.6 is 0 Å². The topological polar surface area (TPSA) is 83.8 Å². The first-order valence-corrected chi connectivity index (χ1v) is 11.2. The van der Waals surface area contributed by atoms with Gasteiger partial charge in [-0.15, -0.1) is 0 Å². The van der Waals surface area contributed by atoms with Crippen LogP contribution in [-0.4, -0.2) is 55.6 Å². The number of carbonyl (C=O) groups excluding carboxylic acids is 2. The number of rotatable bonds is 7. The lowest BCUT2D eigenvalue weighted by Gasteiger charge is -2.33. The molecular formula is C25H35N3O4. The molecule has 2 heterocycles. The fourth-order valence-corrected chi connectivity index (χ4v) is 3.75. The van der Waals surface area contributed by atoms with Gasteiger partial charge in [0.05, 0.1) is 19.3 Å². The highest BCUT2D eigenvalue weighted by Gasteiger charge is 2.27. The zero-order chi connectivity index (χ0) is 23.3. The number of amides is 2. The molecule has 32 heavy (non-hydrogen) atoms. The Morgan fingerprint density at radius 3 is 2.28 bits per heavy atom. The Bertz CT molecular complexity index is 908. The Balaban J connectivity index is 1.58. The third kappa shape index (κ3) is 6.20. The number of furan rings is 1. The van der Waals surface area contributed by atoms with Crippen molar-refractivity contribution in [3.05, 3.63) is 59.0 Å². The molecule has 0 saturated carbocycles. The van der Waals surface area contributed by atoms with Gasteiger partial charge < -0.3 is 19.8 Å². The molecule has 0 spiro atoms.